The molecular formula is C17H13Cl2N3O3. The van der Waals surface area contributed by atoms with Crippen LogP contribution in [0.25, 0.3) is 11.3 Å². The van der Waals surface area contributed by atoms with Crippen molar-refractivity contribution in [2.24, 2.45) is 0 Å². The zero-order valence-corrected chi connectivity index (χ0v) is 14.6. The number of ether oxygens (including phenoxy) is 1. The average molecular weight is 378 g/mol. The minimum absolute atomic E-state index is 0.102. The van der Waals surface area contributed by atoms with E-state index in [1.54, 1.807) is 19.2 Å². The molecular weight excluding hydrogens is 365 g/mol. The highest BCUT2D eigenvalue weighted by atomic mass is 35.5. The maximum atomic E-state index is 12.3. The highest BCUT2D eigenvalue weighted by Crippen LogP contribution is 2.32. The molecule has 0 bridgehead atoms. The van der Waals surface area contributed by atoms with E-state index in [1.165, 1.54) is 18.2 Å². The van der Waals surface area contributed by atoms with Gasteiger partial charge in [0.25, 0.3) is 5.91 Å². The molecule has 0 radical (unpaired) electrons. The molecule has 1 heterocycles. The molecule has 0 saturated carbocycles. The SMILES string of the molecule is COc1ccccc1-c1cc(C(=O)Nc2cc(Cl)c(N)c(Cl)c2)no1. The summed E-state index contributed by atoms with van der Waals surface area (Å²) in [5.74, 6) is 0.556. The lowest BCUT2D eigenvalue weighted by Crippen LogP contribution is -2.12. The molecule has 3 rings (SSSR count). The summed E-state index contributed by atoms with van der Waals surface area (Å²) in [7, 11) is 1.55. The average Bonchev–Trinajstić information content (AvgIpc) is 3.09. The van der Waals surface area contributed by atoms with E-state index in [4.69, 9.17) is 38.2 Å². The summed E-state index contributed by atoms with van der Waals surface area (Å²) in [6.07, 6.45) is 0. The molecule has 0 spiro atoms. The van der Waals surface area contributed by atoms with Gasteiger partial charge >= 0.3 is 0 Å². The summed E-state index contributed by atoms with van der Waals surface area (Å²) in [6.45, 7) is 0. The quantitative estimate of drug-likeness (QED) is 0.653. The van der Waals surface area contributed by atoms with E-state index in [0.29, 0.717) is 22.8 Å². The minimum atomic E-state index is -0.471. The summed E-state index contributed by atoms with van der Waals surface area (Å²) in [4.78, 5) is 12.3. The molecule has 0 aliphatic carbocycles. The number of nitrogens with one attached hydrogen (secondary N) is 1. The molecule has 2 aromatic carbocycles. The number of anilines is 2. The van der Waals surface area contributed by atoms with Gasteiger partial charge in [-0.15, -0.1) is 0 Å². The number of carbonyl (C=O) groups excluding carboxylic acids is 1. The zero-order chi connectivity index (χ0) is 18.0. The van der Waals surface area contributed by atoms with Crippen LogP contribution in [0.5, 0.6) is 5.75 Å². The maximum Gasteiger partial charge on any atom is 0.277 e. The van der Waals surface area contributed by atoms with E-state index in [2.05, 4.69) is 10.5 Å². The van der Waals surface area contributed by atoms with Gasteiger partial charge in [0.05, 0.1) is 28.4 Å². The molecule has 0 fully saturated rings. The van der Waals surface area contributed by atoms with Crippen molar-refractivity contribution in [2.75, 3.05) is 18.2 Å². The Kier molecular flexibility index (Phi) is 4.83. The van der Waals surface area contributed by atoms with Crippen molar-refractivity contribution in [1.82, 2.24) is 5.16 Å². The summed E-state index contributed by atoms with van der Waals surface area (Å²) in [6, 6.07) is 11.8. The maximum absolute atomic E-state index is 12.3. The van der Waals surface area contributed by atoms with E-state index in [0.717, 1.165) is 0 Å². The second-order valence-electron chi connectivity index (χ2n) is 5.08. The fourth-order valence-electron chi connectivity index (χ4n) is 2.21. The topological polar surface area (TPSA) is 90.4 Å². The lowest BCUT2D eigenvalue weighted by atomic mass is 10.1. The number of benzene rings is 2. The van der Waals surface area contributed by atoms with Gasteiger partial charge in [0, 0.05) is 11.8 Å². The number of carbonyl (C=O) groups is 1. The molecule has 0 atom stereocenters. The Morgan fingerprint density at radius 1 is 1.20 bits per heavy atom. The van der Waals surface area contributed by atoms with Crippen LogP contribution in [0, 0.1) is 0 Å². The van der Waals surface area contributed by atoms with Crippen molar-refractivity contribution in [3.05, 3.63) is 58.2 Å². The van der Waals surface area contributed by atoms with Crippen molar-refractivity contribution < 1.29 is 14.1 Å². The van der Waals surface area contributed by atoms with Crippen LogP contribution in [0.15, 0.2) is 47.0 Å². The molecule has 0 aliphatic heterocycles. The monoisotopic (exact) mass is 377 g/mol. The van der Waals surface area contributed by atoms with Gasteiger partial charge < -0.3 is 20.3 Å². The second kappa shape index (κ2) is 7.04. The van der Waals surface area contributed by atoms with Crippen molar-refractivity contribution >= 4 is 40.5 Å². The second-order valence-corrected chi connectivity index (χ2v) is 5.90. The number of hydrogen-bond acceptors (Lipinski definition) is 5. The Bertz CT molecular complexity index is 917. The number of nitrogens with zero attached hydrogens (tertiary/aromatic N) is 1. The highest BCUT2D eigenvalue weighted by molar-refractivity contribution is 6.39. The number of para-hydroxylation sites is 1. The highest BCUT2D eigenvalue weighted by Gasteiger charge is 2.17. The summed E-state index contributed by atoms with van der Waals surface area (Å²) in [5, 5.41) is 6.93. The molecule has 128 valence electrons. The third-order valence-electron chi connectivity index (χ3n) is 3.45. The van der Waals surface area contributed by atoms with Crippen molar-refractivity contribution in [1.29, 1.82) is 0 Å². The third kappa shape index (κ3) is 3.55. The summed E-state index contributed by atoms with van der Waals surface area (Å²) >= 11 is 11.9. The lowest BCUT2D eigenvalue weighted by molar-refractivity contribution is 0.101. The van der Waals surface area contributed by atoms with Gasteiger partial charge in [0.1, 0.15) is 5.75 Å². The molecule has 3 N–H and O–H groups in total. The van der Waals surface area contributed by atoms with Gasteiger partial charge in [-0.05, 0) is 24.3 Å². The first kappa shape index (κ1) is 17.1. The van der Waals surface area contributed by atoms with Crippen molar-refractivity contribution in [3.63, 3.8) is 0 Å². The number of aromatic nitrogens is 1. The summed E-state index contributed by atoms with van der Waals surface area (Å²) < 4.78 is 10.5. The van der Waals surface area contributed by atoms with Crippen LogP contribution in [-0.4, -0.2) is 18.2 Å². The van der Waals surface area contributed by atoms with Crippen molar-refractivity contribution in [2.45, 2.75) is 0 Å². The Balaban J connectivity index is 1.84. The van der Waals surface area contributed by atoms with Crippen LogP contribution >= 0.6 is 23.2 Å². The van der Waals surface area contributed by atoms with Gasteiger partial charge in [-0.25, -0.2) is 0 Å². The number of hydrogen-bond donors (Lipinski definition) is 2. The fraction of sp³-hybridized carbons (Fsp3) is 0.0588. The van der Waals surface area contributed by atoms with E-state index in [-0.39, 0.29) is 21.4 Å². The molecule has 0 unspecified atom stereocenters. The Morgan fingerprint density at radius 2 is 1.88 bits per heavy atom. The van der Waals surface area contributed by atoms with Crippen LogP contribution in [0.3, 0.4) is 0 Å². The van der Waals surface area contributed by atoms with Crippen LogP contribution in [-0.2, 0) is 0 Å². The smallest absolute Gasteiger partial charge is 0.277 e. The number of halogens is 2. The van der Waals surface area contributed by atoms with Crippen LogP contribution in [0.1, 0.15) is 10.5 Å². The number of nitrogens with two attached hydrogens (primary N) is 1. The lowest BCUT2D eigenvalue weighted by Gasteiger charge is -2.07. The number of methoxy groups -OCH3 is 1. The Labute approximate surface area is 153 Å². The molecule has 1 aromatic heterocycles. The van der Waals surface area contributed by atoms with E-state index in [9.17, 15) is 4.79 Å². The Morgan fingerprint density at radius 3 is 2.56 bits per heavy atom. The van der Waals surface area contributed by atoms with Gasteiger partial charge in [-0.3, -0.25) is 4.79 Å². The molecule has 0 saturated heterocycles. The summed E-state index contributed by atoms with van der Waals surface area (Å²) in [5.41, 5.74) is 7.11. The van der Waals surface area contributed by atoms with Gasteiger partial charge in [0.2, 0.25) is 0 Å². The number of nitrogen functional groups attached to an aromatic ring is 1. The largest absolute Gasteiger partial charge is 0.496 e. The van der Waals surface area contributed by atoms with Gasteiger partial charge in [0.15, 0.2) is 11.5 Å². The number of rotatable bonds is 4. The minimum Gasteiger partial charge on any atom is -0.496 e. The number of amides is 1. The Hall–Kier alpha value is -2.70. The van der Waals surface area contributed by atoms with Crippen LogP contribution in [0.2, 0.25) is 10.0 Å². The van der Waals surface area contributed by atoms with Gasteiger partial charge in [-0.2, -0.15) is 0 Å². The van der Waals surface area contributed by atoms with E-state index in [1.807, 2.05) is 12.1 Å². The van der Waals surface area contributed by atoms with E-state index >= 15 is 0 Å². The molecule has 0 aliphatic rings. The van der Waals surface area contributed by atoms with Crippen LogP contribution < -0.4 is 15.8 Å². The predicted molar refractivity (Wildman–Crippen MR) is 97.3 cm³/mol. The molecule has 1 amide bonds. The first-order valence-corrected chi connectivity index (χ1v) is 7.91. The normalized spacial score (nSPS) is 10.5. The van der Waals surface area contributed by atoms with Crippen molar-refractivity contribution in [3.8, 4) is 17.1 Å². The molecule has 6 nitrogen and oxygen atoms in total. The molecule has 3 aromatic rings. The first-order valence-electron chi connectivity index (χ1n) is 7.15. The predicted octanol–water partition coefficient (Wildman–Crippen LogP) is 4.49. The fourth-order valence-corrected chi connectivity index (χ4v) is 2.70. The third-order valence-corrected chi connectivity index (χ3v) is 4.08. The standard InChI is InChI=1S/C17H13Cl2N3O3/c1-24-14-5-3-2-4-10(14)15-8-13(22-25-15)17(23)21-9-6-11(18)16(20)12(19)7-9/h2-8H,20H2,1H3,(H,21,23). The first-order chi connectivity index (χ1) is 12.0. The van der Waals surface area contributed by atoms with Crippen LogP contribution in [0.4, 0.5) is 11.4 Å². The molecule has 25 heavy (non-hydrogen) atoms. The molecule has 8 heteroatoms. The zero-order valence-electron chi connectivity index (χ0n) is 13.0. The van der Waals surface area contributed by atoms with Gasteiger partial charge in [-0.1, -0.05) is 40.5 Å². The van der Waals surface area contributed by atoms with E-state index < -0.39 is 5.91 Å².